The monoisotopic (exact) mass is 522 g/mol. The molecule has 3 aromatic carbocycles. The van der Waals surface area contributed by atoms with Crippen LogP contribution in [0.5, 0.6) is 23.0 Å². The number of hydrogen-bond acceptors (Lipinski definition) is 5. The molecule has 1 N–H and O–H groups in total. The highest BCUT2D eigenvalue weighted by molar-refractivity contribution is 6.32. The van der Waals surface area contributed by atoms with Crippen LogP contribution >= 0.6 is 11.6 Å². The van der Waals surface area contributed by atoms with E-state index in [0.29, 0.717) is 24.5 Å². The van der Waals surface area contributed by atoms with Crippen molar-refractivity contribution in [1.82, 2.24) is 0 Å². The quantitative estimate of drug-likeness (QED) is 0.325. The Kier molecular flexibility index (Phi) is 7.49. The lowest BCUT2D eigenvalue weighted by Crippen LogP contribution is -2.45. The highest BCUT2D eigenvalue weighted by atomic mass is 35.5. The van der Waals surface area contributed by atoms with Crippen molar-refractivity contribution in [2.24, 2.45) is 0 Å². The summed E-state index contributed by atoms with van der Waals surface area (Å²) in [6.45, 7) is 0.507. The minimum absolute atomic E-state index is 0.00583. The van der Waals surface area contributed by atoms with Crippen LogP contribution in [-0.4, -0.2) is 36.3 Å². The molecule has 4 rings (SSSR count). The lowest BCUT2D eigenvalue weighted by molar-refractivity contribution is -0.274. The number of aliphatic carboxylic acids is 1. The van der Waals surface area contributed by atoms with Gasteiger partial charge in [-0.1, -0.05) is 41.9 Å². The SMILES string of the molecule is O=C(O)C1(Cc2ccccc2)Cc2cc(OCCCOc3ccc(OC(F)(F)F)cc3Cl)ccc2O1. The van der Waals surface area contributed by atoms with E-state index in [4.69, 9.17) is 25.8 Å². The molecule has 0 saturated carbocycles. The van der Waals surface area contributed by atoms with Crippen molar-refractivity contribution in [2.75, 3.05) is 13.2 Å². The van der Waals surface area contributed by atoms with Crippen molar-refractivity contribution in [3.8, 4) is 23.0 Å². The van der Waals surface area contributed by atoms with Crippen LogP contribution < -0.4 is 18.9 Å². The molecule has 0 radical (unpaired) electrons. The van der Waals surface area contributed by atoms with Crippen molar-refractivity contribution in [3.63, 3.8) is 0 Å². The van der Waals surface area contributed by atoms with Gasteiger partial charge < -0.3 is 24.1 Å². The summed E-state index contributed by atoms with van der Waals surface area (Å²) in [5.41, 5.74) is 0.234. The molecule has 0 fully saturated rings. The number of fused-ring (bicyclic) bond motifs is 1. The molecule has 1 aliphatic heterocycles. The molecule has 0 spiro atoms. The molecule has 1 aliphatic rings. The summed E-state index contributed by atoms with van der Waals surface area (Å²) in [5, 5.41) is 9.90. The van der Waals surface area contributed by atoms with Gasteiger partial charge in [0, 0.05) is 30.9 Å². The molecule has 1 unspecified atom stereocenters. The Balaban J connectivity index is 1.28. The maximum absolute atomic E-state index is 12.3. The molecule has 1 heterocycles. The van der Waals surface area contributed by atoms with E-state index in [0.717, 1.165) is 23.3 Å². The highest BCUT2D eigenvalue weighted by Crippen LogP contribution is 2.39. The summed E-state index contributed by atoms with van der Waals surface area (Å²) in [6, 6.07) is 17.9. The first-order valence-corrected chi connectivity index (χ1v) is 11.4. The summed E-state index contributed by atoms with van der Waals surface area (Å²) < 4.78 is 57.9. The van der Waals surface area contributed by atoms with Gasteiger partial charge in [0.15, 0.2) is 0 Å². The van der Waals surface area contributed by atoms with Crippen LogP contribution in [0.25, 0.3) is 0 Å². The number of ether oxygens (including phenoxy) is 4. The average Bonchev–Trinajstić information content (AvgIpc) is 3.18. The smallest absolute Gasteiger partial charge is 0.493 e. The first kappa shape index (κ1) is 25.5. The second kappa shape index (κ2) is 10.6. The summed E-state index contributed by atoms with van der Waals surface area (Å²) >= 11 is 5.96. The third-order valence-electron chi connectivity index (χ3n) is 5.49. The summed E-state index contributed by atoms with van der Waals surface area (Å²) in [4.78, 5) is 12.1. The van der Waals surface area contributed by atoms with E-state index in [1.165, 1.54) is 6.07 Å². The second-order valence-corrected chi connectivity index (χ2v) is 8.61. The van der Waals surface area contributed by atoms with E-state index in [1.54, 1.807) is 18.2 Å². The van der Waals surface area contributed by atoms with E-state index in [9.17, 15) is 23.1 Å². The average molecular weight is 523 g/mol. The van der Waals surface area contributed by atoms with Crippen LogP contribution in [0.1, 0.15) is 17.5 Å². The predicted molar refractivity (Wildman–Crippen MR) is 125 cm³/mol. The van der Waals surface area contributed by atoms with Gasteiger partial charge in [0.1, 0.15) is 23.0 Å². The molecular formula is C26H22ClF3O6. The zero-order valence-electron chi connectivity index (χ0n) is 18.9. The van der Waals surface area contributed by atoms with Crippen molar-refractivity contribution < 1.29 is 42.0 Å². The topological polar surface area (TPSA) is 74.2 Å². The maximum Gasteiger partial charge on any atom is 0.573 e. The first-order chi connectivity index (χ1) is 17.1. The second-order valence-electron chi connectivity index (χ2n) is 8.20. The summed E-state index contributed by atoms with van der Waals surface area (Å²) in [7, 11) is 0. The molecule has 0 bridgehead atoms. The zero-order chi connectivity index (χ0) is 25.8. The van der Waals surface area contributed by atoms with Crippen molar-refractivity contribution in [1.29, 1.82) is 0 Å². The normalized spacial score (nSPS) is 16.7. The van der Waals surface area contributed by atoms with Gasteiger partial charge in [-0.05, 0) is 35.9 Å². The number of carboxylic acids is 1. The van der Waals surface area contributed by atoms with Gasteiger partial charge in [-0.2, -0.15) is 0 Å². The lowest BCUT2D eigenvalue weighted by Gasteiger charge is -2.24. The fourth-order valence-electron chi connectivity index (χ4n) is 3.88. The van der Waals surface area contributed by atoms with E-state index in [1.807, 2.05) is 30.3 Å². The largest absolute Gasteiger partial charge is 0.573 e. The molecule has 36 heavy (non-hydrogen) atoms. The van der Waals surface area contributed by atoms with E-state index in [-0.39, 0.29) is 30.2 Å². The third kappa shape index (κ3) is 6.34. The Bertz CT molecular complexity index is 1220. The number of alkyl halides is 3. The molecular weight excluding hydrogens is 501 g/mol. The van der Waals surface area contributed by atoms with Gasteiger partial charge in [0.2, 0.25) is 5.60 Å². The highest BCUT2D eigenvalue weighted by Gasteiger charge is 2.46. The van der Waals surface area contributed by atoms with Crippen LogP contribution in [0.3, 0.4) is 0 Å². The standard InChI is InChI=1S/C26H22ClF3O6/c27-21-14-20(35-26(28,29)30)8-10-23(21)34-12-4-11-33-19-7-9-22-18(13-19)16-25(36-22,24(31)32)15-17-5-2-1-3-6-17/h1-3,5-10,13-14H,4,11-12,15-16H2,(H,31,32). The molecule has 0 amide bonds. The van der Waals surface area contributed by atoms with Gasteiger partial charge in [-0.25, -0.2) is 4.79 Å². The van der Waals surface area contributed by atoms with Crippen molar-refractivity contribution >= 4 is 17.6 Å². The molecule has 1 atom stereocenters. The van der Waals surface area contributed by atoms with Crippen LogP contribution in [-0.2, 0) is 17.6 Å². The van der Waals surface area contributed by atoms with Crippen molar-refractivity contribution in [3.05, 3.63) is 82.9 Å². The van der Waals surface area contributed by atoms with Gasteiger partial charge in [-0.3, -0.25) is 0 Å². The number of hydrogen-bond donors (Lipinski definition) is 1. The molecule has 0 saturated heterocycles. The minimum atomic E-state index is -4.80. The van der Waals surface area contributed by atoms with Gasteiger partial charge in [0.25, 0.3) is 0 Å². The maximum atomic E-state index is 12.3. The molecule has 3 aromatic rings. The summed E-state index contributed by atoms with van der Waals surface area (Å²) in [6.07, 6.45) is -3.89. The Morgan fingerprint density at radius 3 is 2.42 bits per heavy atom. The van der Waals surface area contributed by atoms with Gasteiger partial charge in [-0.15, -0.1) is 13.2 Å². The predicted octanol–water partition coefficient (Wildman–Crippen LogP) is 6.09. The molecule has 190 valence electrons. The third-order valence-corrected chi connectivity index (χ3v) is 5.78. The molecule has 10 heteroatoms. The lowest BCUT2D eigenvalue weighted by atomic mass is 9.90. The van der Waals surface area contributed by atoms with E-state index in [2.05, 4.69) is 4.74 Å². The minimum Gasteiger partial charge on any atom is -0.493 e. The van der Waals surface area contributed by atoms with Gasteiger partial charge in [0.05, 0.1) is 18.2 Å². The zero-order valence-corrected chi connectivity index (χ0v) is 19.6. The van der Waals surface area contributed by atoms with Gasteiger partial charge >= 0.3 is 12.3 Å². The number of rotatable bonds is 10. The fraction of sp³-hybridized carbons (Fsp3) is 0.269. The molecule has 6 nitrogen and oxygen atoms in total. The Labute approximate surface area is 210 Å². The number of benzene rings is 3. The van der Waals surface area contributed by atoms with E-state index < -0.39 is 23.7 Å². The van der Waals surface area contributed by atoms with Crippen LogP contribution in [0.4, 0.5) is 13.2 Å². The molecule has 0 aromatic heterocycles. The van der Waals surface area contributed by atoms with Crippen molar-refractivity contribution in [2.45, 2.75) is 31.2 Å². The number of carboxylic acid groups (broad SMARTS) is 1. The summed E-state index contributed by atoms with van der Waals surface area (Å²) in [5.74, 6) is -0.163. The van der Waals surface area contributed by atoms with E-state index >= 15 is 0 Å². The first-order valence-electron chi connectivity index (χ1n) is 11.0. The Hall–Kier alpha value is -3.59. The van der Waals surface area contributed by atoms with Crippen LogP contribution in [0.2, 0.25) is 5.02 Å². The fourth-order valence-corrected chi connectivity index (χ4v) is 4.11. The van der Waals surface area contributed by atoms with Crippen LogP contribution in [0.15, 0.2) is 66.7 Å². The molecule has 0 aliphatic carbocycles. The Morgan fingerprint density at radius 2 is 1.72 bits per heavy atom. The van der Waals surface area contributed by atoms with Crippen LogP contribution in [0, 0.1) is 0 Å². The Morgan fingerprint density at radius 1 is 1.00 bits per heavy atom. The number of halogens is 4. The number of carbonyl (C=O) groups is 1.